The van der Waals surface area contributed by atoms with Crippen LogP contribution in [0.2, 0.25) is 38.3 Å². The second-order valence-electron chi connectivity index (χ2n) is 7.52. The van der Waals surface area contributed by atoms with E-state index in [4.69, 9.17) is 18.3 Å². The zero-order chi connectivity index (χ0) is 17.8. The van der Waals surface area contributed by atoms with Gasteiger partial charge in [-0.25, -0.2) is 0 Å². The van der Waals surface area contributed by atoms with Gasteiger partial charge in [-0.05, 0) is 46.2 Å². The molecule has 0 saturated heterocycles. The average molecular weight is 365 g/mol. The van der Waals surface area contributed by atoms with Crippen LogP contribution in [0.25, 0.3) is 0 Å². The van der Waals surface area contributed by atoms with Gasteiger partial charge in [-0.1, -0.05) is 25.7 Å². The normalized spacial score (nSPS) is 14.2. The molecular weight excluding hydrogens is 324 g/mol. The lowest BCUT2D eigenvalue weighted by Crippen LogP contribution is -2.38. The second-order valence-corrected chi connectivity index (χ2v) is 16.5. The first kappa shape index (κ1) is 23.3. The summed E-state index contributed by atoms with van der Waals surface area (Å²) < 4.78 is 23.2. The second kappa shape index (κ2) is 12.6. The van der Waals surface area contributed by atoms with Crippen molar-refractivity contribution in [3.05, 3.63) is 0 Å². The molecule has 23 heavy (non-hydrogen) atoms. The molecule has 0 aromatic carbocycles. The molecule has 0 saturated carbocycles. The van der Waals surface area contributed by atoms with E-state index in [0.717, 1.165) is 38.9 Å². The molecule has 0 spiro atoms. The van der Waals surface area contributed by atoms with Crippen molar-refractivity contribution in [3.63, 3.8) is 0 Å². The number of hydrogen-bond acceptors (Lipinski definition) is 4. The van der Waals surface area contributed by atoms with Crippen LogP contribution in [0, 0.1) is 0 Å². The molecule has 4 nitrogen and oxygen atoms in total. The monoisotopic (exact) mass is 364 g/mol. The fourth-order valence-corrected chi connectivity index (χ4v) is 6.06. The van der Waals surface area contributed by atoms with Crippen LogP contribution in [-0.4, -0.2) is 55.8 Å². The fraction of sp³-hybridized carbons (Fsp3) is 1.00. The van der Waals surface area contributed by atoms with Crippen molar-refractivity contribution in [3.8, 4) is 0 Å². The number of hydrogen-bond donors (Lipinski definition) is 0. The van der Waals surface area contributed by atoms with E-state index < -0.39 is 16.6 Å². The first-order chi connectivity index (χ1) is 10.7. The number of ether oxygens (including phenoxy) is 2. The first-order valence-corrected chi connectivity index (χ1v) is 15.4. The molecule has 0 heterocycles. The van der Waals surface area contributed by atoms with Gasteiger partial charge in [0.15, 0.2) is 0 Å². The lowest BCUT2D eigenvalue weighted by molar-refractivity contribution is -0.00656. The third-order valence-corrected chi connectivity index (χ3v) is 8.56. The van der Waals surface area contributed by atoms with Crippen molar-refractivity contribution >= 4 is 16.6 Å². The van der Waals surface area contributed by atoms with Crippen LogP contribution in [0.3, 0.4) is 0 Å². The molecule has 0 N–H and O–H groups in total. The SMILES string of the molecule is CCO[Si](C)(CCCOCC(C)OCCC[Si](C)(C)C)OCC. The predicted octanol–water partition coefficient (Wildman–Crippen LogP) is 4.67. The van der Waals surface area contributed by atoms with E-state index in [1.165, 1.54) is 12.5 Å². The standard InChI is InChI=1S/C17H40O4Si2/c1-8-20-23(7,21-9-2)15-10-12-18-16-17(3)19-13-11-14-22(4,5)6/h17H,8-16H2,1-7H3. The molecule has 0 radical (unpaired) electrons. The topological polar surface area (TPSA) is 36.9 Å². The van der Waals surface area contributed by atoms with Crippen molar-refractivity contribution in [1.29, 1.82) is 0 Å². The summed E-state index contributed by atoms with van der Waals surface area (Å²) in [6.07, 6.45) is 2.34. The van der Waals surface area contributed by atoms with E-state index in [1.54, 1.807) is 0 Å². The van der Waals surface area contributed by atoms with Crippen LogP contribution in [0.5, 0.6) is 0 Å². The highest BCUT2D eigenvalue weighted by Gasteiger charge is 2.29. The van der Waals surface area contributed by atoms with Crippen molar-refractivity contribution in [2.75, 3.05) is 33.0 Å². The summed E-state index contributed by atoms with van der Waals surface area (Å²) in [6, 6.07) is 2.32. The van der Waals surface area contributed by atoms with E-state index in [-0.39, 0.29) is 6.10 Å². The zero-order valence-corrected chi connectivity index (χ0v) is 18.6. The summed E-state index contributed by atoms with van der Waals surface area (Å²) in [7, 11) is -2.91. The summed E-state index contributed by atoms with van der Waals surface area (Å²) in [5, 5.41) is 0. The highest BCUT2D eigenvalue weighted by atomic mass is 28.4. The highest BCUT2D eigenvalue weighted by Crippen LogP contribution is 2.16. The lowest BCUT2D eigenvalue weighted by Gasteiger charge is -2.25. The number of rotatable bonds is 15. The van der Waals surface area contributed by atoms with E-state index in [2.05, 4.69) is 33.1 Å². The summed E-state index contributed by atoms with van der Waals surface area (Å²) in [5.74, 6) is 0. The maximum atomic E-state index is 5.83. The van der Waals surface area contributed by atoms with E-state index >= 15 is 0 Å². The maximum absolute atomic E-state index is 5.83. The van der Waals surface area contributed by atoms with E-state index in [9.17, 15) is 0 Å². The first-order valence-electron chi connectivity index (χ1n) is 9.19. The van der Waals surface area contributed by atoms with Crippen LogP contribution in [0.4, 0.5) is 0 Å². The molecule has 0 fully saturated rings. The average Bonchev–Trinajstić information content (AvgIpc) is 2.43. The summed E-state index contributed by atoms with van der Waals surface area (Å²) in [6.45, 7) is 19.2. The smallest absolute Gasteiger partial charge is 0.334 e. The van der Waals surface area contributed by atoms with Gasteiger partial charge in [-0.15, -0.1) is 0 Å². The summed E-state index contributed by atoms with van der Waals surface area (Å²) in [4.78, 5) is 0. The van der Waals surface area contributed by atoms with E-state index in [1.807, 2.05) is 13.8 Å². The third kappa shape index (κ3) is 14.3. The Morgan fingerprint density at radius 2 is 1.39 bits per heavy atom. The maximum Gasteiger partial charge on any atom is 0.334 e. The van der Waals surface area contributed by atoms with Crippen LogP contribution in [0.15, 0.2) is 0 Å². The fourth-order valence-electron chi connectivity index (χ4n) is 2.48. The van der Waals surface area contributed by atoms with Crippen molar-refractivity contribution in [2.45, 2.75) is 78.0 Å². The predicted molar refractivity (Wildman–Crippen MR) is 103 cm³/mol. The van der Waals surface area contributed by atoms with Gasteiger partial charge in [-0.2, -0.15) is 0 Å². The molecule has 0 aliphatic heterocycles. The van der Waals surface area contributed by atoms with Gasteiger partial charge in [-0.3, -0.25) is 0 Å². The minimum atomic E-state index is -1.98. The van der Waals surface area contributed by atoms with Gasteiger partial charge in [0.1, 0.15) is 0 Å². The van der Waals surface area contributed by atoms with Crippen molar-refractivity contribution in [1.82, 2.24) is 0 Å². The minimum absolute atomic E-state index is 0.180. The quantitative estimate of drug-likeness (QED) is 0.312. The molecule has 0 aromatic heterocycles. The lowest BCUT2D eigenvalue weighted by atomic mass is 10.4. The van der Waals surface area contributed by atoms with Gasteiger partial charge in [0.25, 0.3) is 0 Å². The van der Waals surface area contributed by atoms with Crippen LogP contribution < -0.4 is 0 Å². The third-order valence-electron chi connectivity index (χ3n) is 3.64. The van der Waals surface area contributed by atoms with Gasteiger partial charge < -0.3 is 18.3 Å². The molecule has 0 aliphatic carbocycles. The molecule has 0 aliphatic rings. The van der Waals surface area contributed by atoms with Crippen LogP contribution in [-0.2, 0) is 18.3 Å². The van der Waals surface area contributed by atoms with Gasteiger partial charge >= 0.3 is 8.56 Å². The van der Waals surface area contributed by atoms with Gasteiger partial charge in [0.05, 0.1) is 12.7 Å². The Hall–Kier alpha value is 0.274. The highest BCUT2D eigenvalue weighted by molar-refractivity contribution is 6.76. The van der Waals surface area contributed by atoms with Crippen molar-refractivity contribution in [2.24, 2.45) is 0 Å². The van der Waals surface area contributed by atoms with Crippen LogP contribution in [0.1, 0.15) is 33.6 Å². The summed E-state index contributed by atoms with van der Waals surface area (Å²) >= 11 is 0. The summed E-state index contributed by atoms with van der Waals surface area (Å²) in [5.41, 5.74) is 0. The van der Waals surface area contributed by atoms with Crippen LogP contribution >= 0.6 is 0 Å². The Labute approximate surface area is 146 Å². The molecule has 0 bridgehead atoms. The Morgan fingerprint density at radius 1 is 0.826 bits per heavy atom. The molecule has 0 aromatic rings. The largest absolute Gasteiger partial charge is 0.395 e. The Morgan fingerprint density at radius 3 is 1.91 bits per heavy atom. The minimum Gasteiger partial charge on any atom is -0.395 e. The van der Waals surface area contributed by atoms with Gasteiger partial charge in [0, 0.05) is 34.5 Å². The molecule has 1 atom stereocenters. The molecule has 6 heteroatoms. The molecule has 0 amide bonds. The molecular formula is C17H40O4Si2. The van der Waals surface area contributed by atoms with Crippen molar-refractivity contribution < 1.29 is 18.3 Å². The molecule has 0 rings (SSSR count). The van der Waals surface area contributed by atoms with E-state index in [0.29, 0.717) is 6.61 Å². The zero-order valence-electron chi connectivity index (χ0n) is 16.6. The molecule has 140 valence electrons. The molecule has 1 unspecified atom stereocenters. The van der Waals surface area contributed by atoms with Gasteiger partial charge in [0.2, 0.25) is 0 Å². The Bertz CT molecular complexity index is 276. The Kier molecular flexibility index (Phi) is 12.8. The Balaban J connectivity index is 3.66.